The highest BCUT2D eigenvalue weighted by Crippen LogP contribution is 2.41. The highest BCUT2D eigenvalue weighted by atomic mass is 32.2. The van der Waals surface area contributed by atoms with Crippen LogP contribution in [0.5, 0.6) is 0 Å². The van der Waals surface area contributed by atoms with Gasteiger partial charge < -0.3 is 9.73 Å². The second-order valence-corrected chi connectivity index (χ2v) is 6.80. The second-order valence-electron chi connectivity index (χ2n) is 5.27. The Morgan fingerprint density at radius 2 is 2.14 bits per heavy atom. The third-order valence-electron chi connectivity index (χ3n) is 3.32. The molecule has 2 aromatic rings. The Labute approximate surface area is 127 Å². The minimum absolute atomic E-state index is 0.114. The van der Waals surface area contributed by atoms with Crippen LogP contribution in [0, 0.1) is 0 Å². The molecule has 1 aromatic carbocycles. The van der Waals surface area contributed by atoms with Crippen LogP contribution in [0.2, 0.25) is 0 Å². The Kier molecular flexibility index (Phi) is 3.50. The van der Waals surface area contributed by atoms with Gasteiger partial charge in [-0.3, -0.25) is 4.79 Å². The zero-order chi connectivity index (χ0) is 15.9. The zero-order valence-electron chi connectivity index (χ0n) is 11.9. The third kappa shape index (κ3) is 3.02. The largest absolute Gasteiger partial charge is 0.440 e. The van der Waals surface area contributed by atoms with E-state index in [1.807, 2.05) is 0 Å². The van der Waals surface area contributed by atoms with E-state index in [0.717, 1.165) is 12.8 Å². The molecule has 116 valence electrons. The fourth-order valence-electron chi connectivity index (χ4n) is 2.17. The quantitative estimate of drug-likeness (QED) is 0.891. The number of aromatic nitrogens is 1. The highest BCUT2D eigenvalue weighted by Gasteiger charge is 2.29. The molecule has 22 heavy (non-hydrogen) atoms. The predicted molar refractivity (Wildman–Crippen MR) is 79.6 cm³/mol. The number of sulfonamides is 1. The third-order valence-corrected chi connectivity index (χ3v) is 4.27. The molecule has 7 nitrogen and oxygen atoms in total. The molecule has 8 heteroatoms. The van der Waals surface area contributed by atoms with Crippen molar-refractivity contribution >= 4 is 21.6 Å². The first-order chi connectivity index (χ1) is 10.3. The summed E-state index contributed by atoms with van der Waals surface area (Å²) in [5.74, 6) is 0.982. The van der Waals surface area contributed by atoms with Crippen molar-refractivity contribution in [1.29, 1.82) is 0 Å². The minimum Gasteiger partial charge on any atom is -0.440 e. The second kappa shape index (κ2) is 5.22. The molecule has 0 spiro atoms. The van der Waals surface area contributed by atoms with E-state index in [0.29, 0.717) is 28.8 Å². The van der Waals surface area contributed by atoms with Crippen LogP contribution < -0.4 is 10.5 Å². The first kappa shape index (κ1) is 14.7. The van der Waals surface area contributed by atoms with Crippen molar-refractivity contribution in [1.82, 2.24) is 4.98 Å². The molecule has 3 N–H and O–H groups in total. The average Bonchev–Trinajstić information content (AvgIpc) is 3.15. The smallest absolute Gasteiger partial charge is 0.238 e. The minimum atomic E-state index is -3.97. The van der Waals surface area contributed by atoms with Crippen molar-refractivity contribution in [2.75, 3.05) is 5.32 Å². The predicted octanol–water partition coefficient (Wildman–Crippen LogP) is 1.82. The van der Waals surface area contributed by atoms with Gasteiger partial charge in [0, 0.05) is 24.1 Å². The Hall–Kier alpha value is -2.19. The number of nitrogens with zero attached hydrogens (tertiary/aromatic N) is 1. The lowest BCUT2D eigenvalue weighted by molar-refractivity contribution is -0.114. The van der Waals surface area contributed by atoms with Crippen LogP contribution in [0.3, 0.4) is 0 Å². The van der Waals surface area contributed by atoms with Crippen molar-refractivity contribution < 1.29 is 17.6 Å². The molecule has 1 aliphatic carbocycles. The number of hydrogen-bond donors (Lipinski definition) is 2. The summed E-state index contributed by atoms with van der Waals surface area (Å²) in [7, 11) is -3.97. The van der Waals surface area contributed by atoms with Crippen molar-refractivity contribution in [3.8, 4) is 11.3 Å². The summed E-state index contributed by atoms with van der Waals surface area (Å²) in [4.78, 5) is 15.2. The summed E-state index contributed by atoms with van der Waals surface area (Å²) in [5, 5.41) is 7.80. The summed E-state index contributed by atoms with van der Waals surface area (Å²) in [6, 6.07) is 4.44. The van der Waals surface area contributed by atoms with E-state index in [4.69, 9.17) is 9.56 Å². The van der Waals surface area contributed by atoms with Crippen molar-refractivity contribution in [2.24, 2.45) is 5.14 Å². The van der Waals surface area contributed by atoms with Gasteiger partial charge >= 0.3 is 0 Å². The van der Waals surface area contributed by atoms with Gasteiger partial charge in [0.1, 0.15) is 0 Å². The van der Waals surface area contributed by atoms with Crippen LogP contribution in [-0.4, -0.2) is 19.3 Å². The SMILES string of the molecule is CC(=O)Nc1ccc(-c2cnc(C3CC3)o2)c(S(N)(=O)=O)c1. The number of carbonyl (C=O) groups is 1. The number of benzene rings is 1. The van der Waals surface area contributed by atoms with Gasteiger partial charge in [0.25, 0.3) is 0 Å². The van der Waals surface area contributed by atoms with Gasteiger partial charge in [0.05, 0.1) is 11.1 Å². The normalized spacial score (nSPS) is 14.8. The van der Waals surface area contributed by atoms with E-state index in [-0.39, 0.29) is 10.8 Å². The molecular formula is C14H15N3O4S. The Morgan fingerprint density at radius 1 is 1.41 bits per heavy atom. The molecule has 0 saturated heterocycles. The lowest BCUT2D eigenvalue weighted by atomic mass is 10.1. The van der Waals surface area contributed by atoms with E-state index in [2.05, 4.69) is 10.3 Å². The van der Waals surface area contributed by atoms with Gasteiger partial charge in [-0.25, -0.2) is 18.5 Å². The summed E-state index contributed by atoms with van der Waals surface area (Å²) in [6.07, 6.45) is 3.56. The number of nitrogens with one attached hydrogen (secondary N) is 1. The van der Waals surface area contributed by atoms with Gasteiger partial charge in [0.15, 0.2) is 11.7 Å². The molecule has 3 rings (SSSR count). The van der Waals surface area contributed by atoms with Crippen LogP contribution in [0.15, 0.2) is 33.7 Å². The van der Waals surface area contributed by atoms with Gasteiger partial charge in [-0.05, 0) is 31.0 Å². The van der Waals surface area contributed by atoms with Gasteiger partial charge in [-0.2, -0.15) is 0 Å². The maximum atomic E-state index is 11.8. The Morgan fingerprint density at radius 3 is 2.73 bits per heavy atom. The van der Waals surface area contributed by atoms with Crippen LogP contribution in [0.25, 0.3) is 11.3 Å². The summed E-state index contributed by atoms with van der Waals surface area (Å²) in [5.41, 5.74) is 0.679. The number of nitrogens with two attached hydrogens (primary N) is 1. The van der Waals surface area contributed by atoms with E-state index in [1.54, 1.807) is 12.1 Å². The average molecular weight is 321 g/mol. The molecule has 0 unspecified atom stereocenters. The fourth-order valence-corrected chi connectivity index (χ4v) is 2.94. The molecule has 0 bridgehead atoms. The monoisotopic (exact) mass is 321 g/mol. The lowest BCUT2D eigenvalue weighted by Crippen LogP contribution is -2.14. The van der Waals surface area contributed by atoms with E-state index in [1.165, 1.54) is 19.2 Å². The summed E-state index contributed by atoms with van der Waals surface area (Å²) >= 11 is 0. The maximum absolute atomic E-state index is 11.8. The highest BCUT2D eigenvalue weighted by molar-refractivity contribution is 7.89. The van der Waals surface area contributed by atoms with Gasteiger partial charge in [0.2, 0.25) is 15.9 Å². The van der Waals surface area contributed by atoms with Crippen LogP contribution in [0.1, 0.15) is 31.6 Å². The first-order valence-corrected chi connectivity index (χ1v) is 8.30. The van der Waals surface area contributed by atoms with Crippen molar-refractivity contribution in [3.63, 3.8) is 0 Å². The van der Waals surface area contributed by atoms with E-state index < -0.39 is 10.0 Å². The molecule has 1 aliphatic rings. The van der Waals surface area contributed by atoms with E-state index >= 15 is 0 Å². The first-order valence-electron chi connectivity index (χ1n) is 6.75. The number of oxazole rings is 1. The Balaban J connectivity index is 2.06. The molecule has 0 aliphatic heterocycles. The standard InChI is InChI=1S/C14H15N3O4S/c1-8(18)17-10-4-5-11(13(6-10)22(15,19)20)12-7-16-14(21-12)9-2-3-9/h4-7,9H,2-3H2,1H3,(H,17,18)(H2,15,19,20). The van der Waals surface area contributed by atoms with Crippen molar-refractivity contribution in [2.45, 2.75) is 30.6 Å². The molecule has 1 heterocycles. The summed E-state index contributed by atoms with van der Waals surface area (Å²) in [6.45, 7) is 1.34. The lowest BCUT2D eigenvalue weighted by Gasteiger charge is -2.08. The van der Waals surface area contributed by atoms with Gasteiger partial charge in [-0.1, -0.05) is 0 Å². The molecule has 1 fully saturated rings. The number of amides is 1. The zero-order valence-corrected chi connectivity index (χ0v) is 12.7. The molecule has 1 amide bonds. The number of hydrogen-bond acceptors (Lipinski definition) is 5. The summed E-state index contributed by atoms with van der Waals surface area (Å²) < 4.78 is 29.3. The molecule has 1 saturated carbocycles. The molecular weight excluding hydrogens is 306 g/mol. The fraction of sp³-hybridized carbons (Fsp3) is 0.286. The van der Waals surface area contributed by atoms with Crippen LogP contribution in [-0.2, 0) is 14.8 Å². The number of carbonyl (C=O) groups excluding carboxylic acids is 1. The molecule has 1 aromatic heterocycles. The number of primary sulfonamides is 1. The van der Waals surface area contributed by atoms with Crippen LogP contribution in [0.4, 0.5) is 5.69 Å². The van der Waals surface area contributed by atoms with Crippen molar-refractivity contribution in [3.05, 3.63) is 30.3 Å². The van der Waals surface area contributed by atoms with Crippen LogP contribution >= 0.6 is 0 Å². The molecule has 0 radical (unpaired) electrons. The topological polar surface area (TPSA) is 115 Å². The number of rotatable bonds is 4. The Bertz CT molecular complexity index is 838. The molecule has 0 atom stereocenters. The van der Waals surface area contributed by atoms with E-state index in [9.17, 15) is 13.2 Å². The number of anilines is 1. The maximum Gasteiger partial charge on any atom is 0.238 e. The van der Waals surface area contributed by atoms with Gasteiger partial charge in [-0.15, -0.1) is 0 Å².